The third-order valence-electron chi connectivity index (χ3n) is 9.66. The lowest BCUT2D eigenvalue weighted by Crippen LogP contribution is -2.71. The number of nitrogens with two attached hydrogens (primary N) is 1. The molecule has 1 aromatic carbocycles. The Labute approximate surface area is 270 Å². The Bertz CT molecular complexity index is 1370. The van der Waals surface area contributed by atoms with E-state index >= 15 is 0 Å². The lowest BCUT2D eigenvalue weighted by molar-refractivity contribution is -0.171. The molecule has 1 fully saturated rings. The molecule has 2 amide bonds. The fourth-order valence-corrected chi connectivity index (χ4v) is 7.08. The summed E-state index contributed by atoms with van der Waals surface area (Å²) in [5, 5.41) is 17.6. The molecule has 2 heterocycles. The number of nitrogens with one attached hydrogen (secondary N) is 2. The van der Waals surface area contributed by atoms with Crippen molar-refractivity contribution in [1.29, 1.82) is 0 Å². The number of likely N-dealkylation sites (N-methyl/N-ethyl adjacent to an activating group) is 1. The minimum absolute atomic E-state index is 0.0410. The van der Waals surface area contributed by atoms with Crippen LogP contribution in [0.25, 0.3) is 0 Å². The number of carbonyl (C=O) groups excluding carboxylic acids is 4. The normalized spacial score (nSPS) is 26.2. The van der Waals surface area contributed by atoms with E-state index in [9.17, 15) is 24.3 Å². The van der Waals surface area contributed by atoms with Crippen molar-refractivity contribution in [2.24, 2.45) is 5.73 Å². The number of aryl methyl sites for hydroxylation is 1. The van der Waals surface area contributed by atoms with E-state index in [-0.39, 0.29) is 37.1 Å². The first kappa shape index (κ1) is 35.2. The zero-order chi connectivity index (χ0) is 33.8. The molecule has 0 bridgehead atoms. The summed E-state index contributed by atoms with van der Waals surface area (Å²) in [7, 11) is 3.53. The second kappa shape index (κ2) is 14.4. The monoisotopic (exact) mass is 644 g/mol. The standard InChI is InChI=1S/C33H48N4O9/c1-19-10-11-24(43-6)28-27(19)32-15-18-37(5)21(3)33(32,42)14-12-25(29(32)46-28)45-31(41)20(2)44-26(39)13-17-35-30(40)23(36-22(4)38)9-7-8-16-34/h10-12,20-21,23,29,42H,7-9,13-18,34H2,1-6H3,(H,35,40)(H,36,38)/t20-,21+,23-,29-,32-,33+/m0/s1. The summed E-state index contributed by atoms with van der Waals surface area (Å²) in [5.41, 5.74) is 5.17. The van der Waals surface area contributed by atoms with Crippen LogP contribution in [0.4, 0.5) is 0 Å². The number of fused-ring (bicyclic) bond motifs is 1. The number of carbonyl (C=O) groups is 4. The Kier molecular flexibility index (Phi) is 11.0. The number of esters is 2. The molecule has 1 aliphatic carbocycles. The number of nitrogens with zero attached hydrogens (tertiary/aromatic N) is 1. The summed E-state index contributed by atoms with van der Waals surface area (Å²) >= 11 is 0. The maximum atomic E-state index is 13.2. The van der Waals surface area contributed by atoms with Gasteiger partial charge in [0, 0.05) is 31.5 Å². The summed E-state index contributed by atoms with van der Waals surface area (Å²) in [6, 6.07) is 2.80. The predicted octanol–water partition coefficient (Wildman–Crippen LogP) is 1.36. The summed E-state index contributed by atoms with van der Waals surface area (Å²) in [5.74, 6) is -0.961. The van der Waals surface area contributed by atoms with Gasteiger partial charge in [0.2, 0.25) is 11.8 Å². The molecule has 2 aliphatic heterocycles. The highest BCUT2D eigenvalue weighted by molar-refractivity contribution is 5.87. The van der Waals surface area contributed by atoms with Crippen molar-refractivity contribution in [3.8, 4) is 11.5 Å². The van der Waals surface area contributed by atoms with E-state index in [0.717, 1.165) is 11.1 Å². The Morgan fingerprint density at radius 1 is 1.24 bits per heavy atom. The molecule has 0 unspecified atom stereocenters. The number of piperidine rings is 1. The lowest BCUT2D eigenvalue weighted by atomic mass is 9.54. The first-order valence-electron chi connectivity index (χ1n) is 15.9. The van der Waals surface area contributed by atoms with E-state index in [1.54, 1.807) is 13.2 Å². The maximum Gasteiger partial charge on any atom is 0.352 e. The van der Waals surface area contributed by atoms with Gasteiger partial charge in [-0.2, -0.15) is 0 Å². The van der Waals surface area contributed by atoms with Crippen molar-refractivity contribution in [2.45, 2.75) is 102 Å². The van der Waals surface area contributed by atoms with Gasteiger partial charge in [-0.1, -0.05) is 6.07 Å². The topological polar surface area (TPSA) is 179 Å². The SMILES string of the molecule is COc1ccc(C)c2c1O[C@H]1C(OC(=O)[C@H](C)OC(=O)CCNC(=O)[C@H](CCCCN)NC(C)=O)=CC[C@@]3(O)[C@@H](C)N(C)CC[C@]213. The molecule has 13 heteroatoms. The van der Waals surface area contributed by atoms with Crippen LogP contribution in [0.3, 0.4) is 0 Å². The van der Waals surface area contributed by atoms with Crippen LogP contribution in [0.15, 0.2) is 24.0 Å². The van der Waals surface area contributed by atoms with E-state index in [1.165, 1.54) is 13.8 Å². The molecule has 46 heavy (non-hydrogen) atoms. The van der Waals surface area contributed by atoms with Crippen LogP contribution in [0.1, 0.15) is 70.4 Å². The average molecular weight is 645 g/mol. The molecule has 0 aromatic heterocycles. The smallest absolute Gasteiger partial charge is 0.352 e. The Hall–Kier alpha value is -3.68. The highest BCUT2D eigenvalue weighted by Gasteiger charge is 2.69. The van der Waals surface area contributed by atoms with Crippen LogP contribution in [0.5, 0.6) is 11.5 Å². The molecule has 4 rings (SSSR count). The Morgan fingerprint density at radius 2 is 1.98 bits per heavy atom. The van der Waals surface area contributed by atoms with Crippen molar-refractivity contribution in [2.75, 3.05) is 33.8 Å². The van der Waals surface area contributed by atoms with Crippen LogP contribution in [0, 0.1) is 6.92 Å². The summed E-state index contributed by atoms with van der Waals surface area (Å²) < 4.78 is 23.3. The molecular formula is C33H48N4O9. The third-order valence-corrected chi connectivity index (χ3v) is 9.66. The van der Waals surface area contributed by atoms with Crippen LogP contribution in [-0.4, -0.2) is 97.4 Å². The van der Waals surface area contributed by atoms with Gasteiger partial charge in [-0.15, -0.1) is 0 Å². The average Bonchev–Trinajstić information content (AvgIpc) is 3.37. The molecular weight excluding hydrogens is 596 g/mol. The van der Waals surface area contributed by atoms with Gasteiger partial charge in [0.1, 0.15) is 11.8 Å². The van der Waals surface area contributed by atoms with Crippen molar-refractivity contribution < 1.29 is 43.2 Å². The molecule has 3 aliphatic rings. The van der Waals surface area contributed by atoms with E-state index in [0.29, 0.717) is 50.3 Å². The van der Waals surface area contributed by atoms with Crippen LogP contribution in [-0.2, 0) is 34.1 Å². The highest BCUT2D eigenvalue weighted by Crippen LogP contribution is 2.62. The molecule has 13 nitrogen and oxygen atoms in total. The number of benzene rings is 1. The van der Waals surface area contributed by atoms with Gasteiger partial charge in [-0.25, -0.2) is 4.79 Å². The largest absolute Gasteiger partial charge is 0.493 e. The number of likely N-dealkylation sites (tertiary alicyclic amines) is 1. The van der Waals surface area contributed by atoms with Gasteiger partial charge in [0.15, 0.2) is 23.7 Å². The first-order valence-corrected chi connectivity index (χ1v) is 15.9. The summed E-state index contributed by atoms with van der Waals surface area (Å²) in [6.45, 7) is 7.82. The molecule has 1 spiro atoms. The molecule has 6 atom stereocenters. The van der Waals surface area contributed by atoms with Gasteiger partial charge in [-0.3, -0.25) is 14.4 Å². The van der Waals surface area contributed by atoms with E-state index in [2.05, 4.69) is 15.5 Å². The summed E-state index contributed by atoms with van der Waals surface area (Å²) in [4.78, 5) is 52.0. The quantitative estimate of drug-likeness (QED) is 0.180. The van der Waals surface area contributed by atoms with Gasteiger partial charge < -0.3 is 45.3 Å². The van der Waals surface area contributed by atoms with Crippen molar-refractivity contribution in [1.82, 2.24) is 15.5 Å². The van der Waals surface area contributed by atoms with Crippen molar-refractivity contribution >= 4 is 23.8 Å². The zero-order valence-corrected chi connectivity index (χ0v) is 27.6. The van der Waals surface area contributed by atoms with E-state index in [4.69, 9.17) is 24.7 Å². The number of ether oxygens (including phenoxy) is 4. The molecule has 1 aromatic rings. The molecule has 5 N–H and O–H groups in total. The fourth-order valence-electron chi connectivity index (χ4n) is 7.08. The minimum Gasteiger partial charge on any atom is -0.493 e. The number of methoxy groups -OCH3 is 1. The van der Waals surface area contributed by atoms with Crippen molar-refractivity contribution in [3.63, 3.8) is 0 Å². The lowest BCUT2D eigenvalue weighted by Gasteiger charge is -2.58. The Balaban J connectivity index is 1.42. The van der Waals surface area contributed by atoms with Crippen molar-refractivity contribution in [3.05, 3.63) is 35.1 Å². The predicted molar refractivity (Wildman–Crippen MR) is 168 cm³/mol. The first-order chi connectivity index (χ1) is 21.8. The Morgan fingerprint density at radius 3 is 2.65 bits per heavy atom. The van der Waals surface area contributed by atoms with Crippen LogP contribution < -0.4 is 25.8 Å². The van der Waals surface area contributed by atoms with E-state index in [1.807, 2.05) is 33.0 Å². The van der Waals surface area contributed by atoms with Crippen LogP contribution >= 0.6 is 0 Å². The molecule has 254 valence electrons. The third kappa shape index (κ3) is 6.58. The van der Waals surface area contributed by atoms with Gasteiger partial charge in [-0.05, 0) is 84.3 Å². The van der Waals surface area contributed by atoms with Gasteiger partial charge in [0.05, 0.1) is 24.5 Å². The summed E-state index contributed by atoms with van der Waals surface area (Å²) in [6.07, 6.45) is 2.00. The molecule has 0 saturated carbocycles. The molecule has 0 radical (unpaired) electrons. The molecule has 1 saturated heterocycles. The number of hydrogen-bond donors (Lipinski definition) is 4. The zero-order valence-electron chi connectivity index (χ0n) is 27.6. The minimum atomic E-state index is -1.25. The number of rotatable bonds is 13. The highest BCUT2D eigenvalue weighted by atomic mass is 16.6. The second-order valence-electron chi connectivity index (χ2n) is 12.5. The number of amides is 2. The van der Waals surface area contributed by atoms with Gasteiger partial charge in [0.25, 0.3) is 0 Å². The number of unbranched alkanes of at least 4 members (excludes halogenated alkanes) is 1. The second-order valence-corrected chi connectivity index (χ2v) is 12.5. The number of aliphatic hydroxyl groups is 1. The maximum absolute atomic E-state index is 13.2. The number of hydrogen-bond acceptors (Lipinski definition) is 11. The van der Waals surface area contributed by atoms with Crippen LogP contribution in [0.2, 0.25) is 0 Å². The van der Waals surface area contributed by atoms with E-state index < -0.39 is 47.1 Å². The fraction of sp³-hybridized carbons (Fsp3) is 0.636. The van der Waals surface area contributed by atoms with Gasteiger partial charge >= 0.3 is 11.9 Å².